The average Bonchev–Trinajstić information content (AvgIpc) is 2.12. The SMILES string of the molecule is CCCC(C)Nc1ccc(C)c(Cl)c1. The summed E-state index contributed by atoms with van der Waals surface area (Å²) < 4.78 is 0. The first-order valence-electron chi connectivity index (χ1n) is 5.16. The van der Waals surface area contributed by atoms with Crippen molar-refractivity contribution in [2.75, 3.05) is 5.32 Å². The van der Waals surface area contributed by atoms with Crippen LogP contribution in [0.3, 0.4) is 0 Å². The van der Waals surface area contributed by atoms with E-state index in [1.54, 1.807) is 0 Å². The van der Waals surface area contributed by atoms with Crippen LogP contribution in [0.1, 0.15) is 32.3 Å². The molecular weight excluding hydrogens is 194 g/mol. The van der Waals surface area contributed by atoms with Gasteiger partial charge in [-0.3, -0.25) is 0 Å². The summed E-state index contributed by atoms with van der Waals surface area (Å²) in [6.07, 6.45) is 2.39. The third-order valence-electron chi connectivity index (χ3n) is 2.31. The summed E-state index contributed by atoms with van der Waals surface area (Å²) in [5.41, 5.74) is 2.24. The first-order valence-corrected chi connectivity index (χ1v) is 5.54. The Bertz CT molecular complexity index is 296. The average molecular weight is 212 g/mol. The molecule has 78 valence electrons. The molecule has 0 aliphatic carbocycles. The fourth-order valence-electron chi connectivity index (χ4n) is 1.47. The molecule has 0 fully saturated rings. The van der Waals surface area contributed by atoms with E-state index >= 15 is 0 Å². The molecule has 0 aliphatic rings. The number of hydrogen-bond donors (Lipinski definition) is 1. The minimum atomic E-state index is 0.513. The Morgan fingerprint density at radius 1 is 1.43 bits per heavy atom. The number of halogens is 1. The lowest BCUT2D eigenvalue weighted by Gasteiger charge is -2.14. The van der Waals surface area contributed by atoms with E-state index in [0.717, 1.165) is 16.3 Å². The molecule has 0 amide bonds. The molecule has 14 heavy (non-hydrogen) atoms. The monoisotopic (exact) mass is 211 g/mol. The van der Waals surface area contributed by atoms with E-state index in [2.05, 4.69) is 25.2 Å². The topological polar surface area (TPSA) is 12.0 Å². The van der Waals surface area contributed by atoms with E-state index in [1.807, 2.05) is 19.1 Å². The van der Waals surface area contributed by atoms with Crippen molar-refractivity contribution in [3.8, 4) is 0 Å². The Balaban J connectivity index is 2.63. The van der Waals surface area contributed by atoms with Crippen molar-refractivity contribution >= 4 is 17.3 Å². The molecule has 0 bridgehead atoms. The number of nitrogens with one attached hydrogen (secondary N) is 1. The second-order valence-corrected chi connectivity index (χ2v) is 4.21. The van der Waals surface area contributed by atoms with Crippen LogP contribution in [0, 0.1) is 6.92 Å². The lowest BCUT2D eigenvalue weighted by atomic mass is 10.1. The maximum atomic E-state index is 6.03. The molecule has 2 heteroatoms. The smallest absolute Gasteiger partial charge is 0.0455 e. The highest BCUT2D eigenvalue weighted by Gasteiger charge is 2.01. The zero-order valence-corrected chi connectivity index (χ0v) is 9.86. The molecule has 0 heterocycles. The lowest BCUT2D eigenvalue weighted by molar-refractivity contribution is 0.690. The van der Waals surface area contributed by atoms with Gasteiger partial charge in [0, 0.05) is 16.8 Å². The molecule has 0 radical (unpaired) electrons. The molecule has 0 aliphatic heterocycles. The molecule has 1 aromatic carbocycles. The molecule has 1 N–H and O–H groups in total. The van der Waals surface area contributed by atoms with Crippen LogP contribution < -0.4 is 5.32 Å². The van der Waals surface area contributed by atoms with Gasteiger partial charge in [0.15, 0.2) is 0 Å². The van der Waals surface area contributed by atoms with E-state index in [9.17, 15) is 0 Å². The number of benzene rings is 1. The number of hydrogen-bond acceptors (Lipinski definition) is 1. The summed E-state index contributed by atoms with van der Waals surface area (Å²) in [4.78, 5) is 0. The van der Waals surface area contributed by atoms with E-state index in [0.29, 0.717) is 6.04 Å². The van der Waals surface area contributed by atoms with Gasteiger partial charge in [0.25, 0.3) is 0 Å². The zero-order chi connectivity index (χ0) is 10.6. The third kappa shape index (κ3) is 3.22. The molecule has 1 unspecified atom stereocenters. The van der Waals surface area contributed by atoms with Crippen LogP contribution in [-0.2, 0) is 0 Å². The third-order valence-corrected chi connectivity index (χ3v) is 2.71. The zero-order valence-electron chi connectivity index (χ0n) is 9.10. The van der Waals surface area contributed by atoms with Gasteiger partial charge >= 0.3 is 0 Å². The maximum Gasteiger partial charge on any atom is 0.0455 e. The van der Waals surface area contributed by atoms with Crippen molar-refractivity contribution in [3.63, 3.8) is 0 Å². The Morgan fingerprint density at radius 3 is 2.71 bits per heavy atom. The molecule has 0 saturated heterocycles. The second-order valence-electron chi connectivity index (χ2n) is 3.80. The molecule has 1 nitrogen and oxygen atoms in total. The molecule has 0 saturated carbocycles. The van der Waals surface area contributed by atoms with E-state index < -0.39 is 0 Å². The highest BCUT2D eigenvalue weighted by Crippen LogP contribution is 2.20. The van der Waals surface area contributed by atoms with E-state index in [4.69, 9.17) is 11.6 Å². The number of anilines is 1. The van der Waals surface area contributed by atoms with Crippen LogP contribution >= 0.6 is 11.6 Å². The van der Waals surface area contributed by atoms with E-state index in [-0.39, 0.29) is 0 Å². The Hall–Kier alpha value is -0.690. The summed E-state index contributed by atoms with van der Waals surface area (Å²) in [6, 6.07) is 6.62. The van der Waals surface area contributed by atoms with Gasteiger partial charge in [-0.25, -0.2) is 0 Å². The van der Waals surface area contributed by atoms with Crippen LogP contribution in [0.15, 0.2) is 18.2 Å². The van der Waals surface area contributed by atoms with Gasteiger partial charge in [-0.05, 0) is 38.0 Å². The number of rotatable bonds is 4. The van der Waals surface area contributed by atoms with Gasteiger partial charge in [-0.1, -0.05) is 31.0 Å². The highest BCUT2D eigenvalue weighted by atomic mass is 35.5. The van der Waals surface area contributed by atoms with Gasteiger partial charge in [0.2, 0.25) is 0 Å². The minimum absolute atomic E-state index is 0.513. The summed E-state index contributed by atoms with van der Waals surface area (Å²) in [5.74, 6) is 0. The Kier molecular flexibility index (Phi) is 4.27. The Labute approximate surface area is 91.5 Å². The van der Waals surface area contributed by atoms with Crippen LogP contribution in [-0.4, -0.2) is 6.04 Å². The van der Waals surface area contributed by atoms with Crippen LogP contribution in [0.25, 0.3) is 0 Å². The maximum absolute atomic E-state index is 6.03. The van der Waals surface area contributed by atoms with Crippen molar-refractivity contribution in [3.05, 3.63) is 28.8 Å². The minimum Gasteiger partial charge on any atom is -0.383 e. The normalized spacial score (nSPS) is 12.6. The quantitative estimate of drug-likeness (QED) is 0.785. The molecular formula is C12H18ClN. The first-order chi connectivity index (χ1) is 6.63. The fourth-order valence-corrected chi connectivity index (χ4v) is 1.65. The van der Waals surface area contributed by atoms with Crippen molar-refractivity contribution in [1.29, 1.82) is 0 Å². The predicted molar refractivity (Wildman–Crippen MR) is 64.2 cm³/mol. The van der Waals surface area contributed by atoms with Crippen molar-refractivity contribution in [1.82, 2.24) is 0 Å². The van der Waals surface area contributed by atoms with Gasteiger partial charge in [-0.15, -0.1) is 0 Å². The highest BCUT2D eigenvalue weighted by molar-refractivity contribution is 6.31. The first kappa shape index (κ1) is 11.4. The van der Waals surface area contributed by atoms with Crippen LogP contribution in [0.4, 0.5) is 5.69 Å². The van der Waals surface area contributed by atoms with Crippen molar-refractivity contribution < 1.29 is 0 Å². The molecule has 1 atom stereocenters. The summed E-state index contributed by atoms with van der Waals surface area (Å²) in [7, 11) is 0. The molecule has 0 spiro atoms. The standard InChI is InChI=1S/C12H18ClN/c1-4-5-10(3)14-11-7-6-9(2)12(13)8-11/h6-8,10,14H,4-5H2,1-3H3. The number of aryl methyl sites for hydroxylation is 1. The largest absolute Gasteiger partial charge is 0.383 e. The summed E-state index contributed by atoms with van der Waals surface area (Å²) >= 11 is 6.03. The predicted octanol–water partition coefficient (Wildman–Crippen LogP) is 4.25. The van der Waals surface area contributed by atoms with Crippen molar-refractivity contribution in [2.24, 2.45) is 0 Å². The van der Waals surface area contributed by atoms with Crippen LogP contribution in [0.5, 0.6) is 0 Å². The van der Waals surface area contributed by atoms with Crippen LogP contribution in [0.2, 0.25) is 5.02 Å². The van der Waals surface area contributed by atoms with Gasteiger partial charge < -0.3 is 5.32 Å². The van der Waals surface area contributed by atoms with Gasteiger partial charge in [0.1, 0.15) is 0 Å². The molecule has 0 aromatic heterocycles. The van der Waals surface area contributed by atoms with E-state index in [1.165, 1.54) is 12.8 Å². The molecule has 1 rings (SSSR count). The Morgan fingerprint density at radius 2 is 2.14 bits per heavy atom. The fraction of sp³-hybridized carbons (Fsp3) is 0.500. The second kappa shape index (κ2) is 5.26. The summed E-state index contributed by atoms with van der Waals surface area (Å²) in [6.45, 7) is 6.40. The van der Waals surface area contributed by atoms with Crippen molar-refractivity contribution in [2.45, 2.75) is 39.7 Å². The molecule has 1 aromatic rings. The van der Waals surface area contributed by atoms with Gasteiger partial charge in [-0.2, -0.15) is 0 Å². The lowest BCUT2D eigenvalue weighted by Crippen LogP contribution is -2.14. The summed E-state index contributed by atoms with van der Waals surface area (Å²) in [5, 5.41) is 4.26. The van der Waals surface area contributed by atoms with Gasteiger partial charge in [0.05, 0.1) is 0 Å².